The number of nitrogens with two attached hydrogens (primary N) is 1. The molecule has 0 aliphatic heterocycles. The molecule has 3 N–H and O–H groups in total. The molecule has 2 atom stereocenters. The lowest BCUT2D eigenvalue weighted by atomic mass is 9.83. The van der Waals surface area contributed by atoms with Gasteiger partial charge in [0.25, 0.3) is 0 Å². The van der Waals surface area contributed by atoms with Crippen LogP contribution >= 0.6 is 0 Å². The van der Waals surface area contributed by atoms with Gasteiger partial charge in [0.05, 0.1) is 4.90 Å². The van der Waals surface area contributed by atoms with E-state index in [0.29, 0.717) is 29.8 Å². The van der Waals surface area contributed by atoms with Gasteiger partial charge < -0.3 is 5.73 Å². The van der Waals surface area contributed by atoms with Crippen LogP contribution < -0.4 is 10.5 Å². The van der Waals surface area contributed by atoms with Crippen LogP contribution in [0.5, 0.6) is 0 Å². The molecule has 0 radical (unpaired) electrons. The molecule has 0 spiro atoms. The summed E-state index contributed by atoms with van der Waals surface area (Å²) in [6.07, 6.45) is 4.70. The molecule has 1 aromatic rings. The maximum Gasteiger partial charge on any atom is 0.240 e. The summed E-state index contributed by atoms with van der Waals surface area (Å²) >= 11 is 0. The number of nitrogens with one attached hydrogen (secondary N) is 1. The fourth-order valence-electron chi connectivity index (χ4n) is 3.11. The van der Waals surface area contributed by atoms with Crippen LogP contribution in [-0.4, -0.2) is 15.0 Å². The van der Waals surface area contributed by atoms with E-state index in [0.717, 1.165) is 24.0 Å². The molecule has 21 heavy (non-hydrogen) atoms. The van der Waals surface area contributed by atoms with Crippen molar-refractivity contribution in [1.82, 2.24) is 4.72 Å². The highest BCUT2D eigenvalue weighted by Gasteiger charge is 2.22. The largest absolute Gasteiger partial charge is 0.326 e. The van der Waals surface area contributed by atoms with Crippen LogP contribution in [0.15, 0.2) is 23.1 Å². The Bertz CT molecular complexity index is 584. The Labute approximate surface area is 128 Å². The second-order valence-corrected chi connectivity index (χ2v) is 8.03. The van der Waals surface area contributed by atoms with Gasteiger partial charge in [-0.25, -0.2) is 13.1 Å². The van der Waals surface area contributed by atoms with Crippen molar-refractivity contribution in [3.05, 3.63) is 29.3 Å². The number of benzene rings is 1. The molecule has 0 saturated heterocycles. The normalized spacial score (nSPS) is 23.2. The van der Waals surface area contributed by atoms with Crippen molar-refractivity contribution in [2.75, 3.05) is 6.54 Å². The highest BCUT2D eigenvalue weighted by atomic mass is 32.2. The predicted molar refractivity (Wildman–Crippen MR) is 85.4 cm³/mol. The first-order valence-electron chi connectivity index (χ1n) is 7.71. The standard InChI is InChI=1S/C16H26N2O2S/c1-12-4-3-5-15(8-12)11-18-21(19,20)16-9-14(10-17)7-6-13(16)2/h6-7,9,12,15,18H,3-5,8,10-11,17H2,1-2H3. The van der Waals surface area contributed by atoms with E-state index in [1.165, 1.54) is 12.8 Å². The highest BCUT2D eigenvalue weighted by Crippen LogP contribution is 2.28. The molecular weight excluding hydrogens is 284 g/mol. The van der Waals surface area contributed by atoms with Gasteiger partial charge in [0.1, 0.15) is 0 Å². The maximum atomic E-state index is 12.5. The second kappa shape index (κ2) is 6.90. The summed E-state index contributed by atoms with van der Waals surface area (Å²) < 4.78 is 27.8. The monoisotopic (exact) mass is 310 g/mol. The van der Waals surface area contributed by atoms with Gasteiger partial charge in [0.15, 0.2) is 0 Å². The summed E-state index contributed by atoms with van der Waals surface area (Å²) in [5.41, 5.74) is 7.20. The minimum Gasteiger partial charge on any atom is -0.326 e. The van der Waals surface area contributed by atoms with Gasteiger partial charge in [-0.1, -0.05) is 31.9 Å². The molecule has 0 aromatic heterocycles. The summed E-state index contributed by atoms with van der Waals surface area (Å²) in [4.78, 5) is 0.356. The molecule has 2 unspecified atom stereocenters. The van der Waals surface area contributed by atoms with E-state index in [2.05, 4.69) is 11.6 Å². The van der Waals surface area contributed by atoms with Gasteiger partial charge in [0, 0.05) is 13.1 Å². The molecule has 118 valence electrons. The van der Waals surface area contributed by atoms with Crippen LogP contribution in [-0.2, 0) is 16.6 Å². The fourth-order valence-corrected chi connectivity index (χ4v) is 4.52. The van der Waals surface area contributed by atoms with Gasteiger partial charge >= 0.3 is 0 Å². The average molecular weight is 310 g/mol. The Morgan fingerprint density at radius 1 is 1.33 bits per heavy atom. The number of hydrogen-bond donors (Lipinski definition) is 2. The molecule has 2 rings (SSSR count). The first kappa shape index (κ1) is 16.5. The first-order chi connectivity index (χ1) is 9.92. The summed E-state index contributed by atoms with van der Waals surface area (Å²) in [6.45, 7) is 4.95. The van der Waals surface area contributed by atoms with Gasteiger partial charge in [-0.05, 0) is 48.8 Å². The molecule has 1 aliphatic rings. The number of aryl methyl sites for hydroxylation is 1. The molecule has 0 bridgehead atoms. The van der Waals surface area contributed by atoms with Crippen molar-refractivity contribution in [3.63, 3.8) is 0 Å². The van der Waals surface area contributed by atoms with E-state index >= 15 is 0 Å². The summed E-state index contributed by atoms with van der Waals surface area (Å²) in [6, 6.07) is 5.37. The molecular formula is C16H26N2O2S. The van der Waals surface area contributed by atoms with Crippen molar-refractivity contribution in [3.8, 4) is 0 Å². The molecule has 4 nitrogen and oxygen atoms in total. The summed E-state index contributed by atoms with van der Waals surface area (Å²) in [5.74, 6) is 1.16. The number of hydrogen-bond acceptors (Lipinski definition) is 3. The molecule has 1 fully saturated rings. The van der Waals surface area contributed by atoms with Crippen LogP contribution in [0.1, 0.15) is 43.7 Å². The predicted octanol–water partition coefficient (Wildman–Crippen LogP) is 2.56. The fraction of sp³-hybridized carbons (Fsp3) is 0.625. The van der Waals surface area contributed by atoms with Crippen molar-refractivity contribution in [1.29, 1.82) is 0 Å². The third kappa shape index (κ3) is 4.28. The Morgan fingerprint density at radius 2 is 2.10 bits per heavy atom. The van der Waals surface area contributed by atoms with Crippen LogP contribution in [0.2, 0.25) is 0 Å². The van der Waals surface area contributed by atoms with E-state index < -0.39 is 10.0 Å². The molecule has 0 amide bonds. The van der Waals surface area contributed by atoms with Crippen molar-refractivity contribution >= 4 is 10.0 Å². The Hall–Kier alpha value is -0.910. The van der Waals surface area contributed by atoms with E-state index in [1.54, 1.807) is 6.07 Å². The number of sulfonamides is 1. The minimum absolute atomic E-state index is 0.350. The maximum absolute atomic E-state index is 12.5. The molecule has 0 heterocycles. The lowest BCUT2D eigenvalue weighted by Crippen LogP contribution is -2.32. The summed E-state index contributed by atoms with van der Waals surface area (Å²) in [7, 11) is -3.45. The Balaban J connectivity index is 2.08. The summed E-state index contributed by atoms with van der Waals surface area (Å²) in [5, 5.41) is 0. The minimum atomic E-state index is -3.45. The zero-order valence-electron chi connectivity index (χ0n) is 12.9. The van der Waals surface area contributed by atoms with Crippen LogP contribution in [0.4, 0.5) is 0 Å². The third-order valence-corrected chi connectivity index (χ3v) is 5.95. The third-order valence-electron chi connectivity index (χ3n) is 4.38. The van der Waals surface area contributed by atoms with E-state index in [-0.39, 0.29) is 0 Å². The Kier molecular flexibility index (Phi) is 5.41. The van der Waals surface area contributed by atoms with Gasteiger partial charge in [0.2, 0.25) is 10.0 Å². The zero-order valence-corrected chi connectivity index (χ0v) is 13.7. The van der Waals surface area contributed by atoms with Crippen molar-refractivity contribution in [2.45, 2.75) is 51.0 Å². The van der Waals surface area contributed by atoms with E-state index in [4.69, 9.17) is 5.73 Å². The van der Waals surface area contributed by atoms with E-state index in [9.17, 15) is 8.42 Å². The van der Waals surface area contributed by atoms with Crippen molar-refractivity contribution in [2.24, 2.45) is 17.6 Å². The first-order valence-corrected chi connectivity index (χ1v) is 9.20. The topological polar surface area (TPSA) is 72.2 Å². The smallest absolute Gasteiger partial charge is 0.240 e. The van der Waals surface area contributed by atoms with Gasteiger partial charge in [-0.15, -0.1) is 0 Å². The second-order valence-electron chi connectivity index (χ2n) is 6.29. The molecule has 5 heteroatoms. The van der Waals surface area contributed by atoms with Crippen molar-refractivity contribution < 1.29 is 8.42 Å². The van der Waals surface area contributed by atoms with Gasteiger partial charge in [-0.2, -0.15) is 0 Å². The number of rotatable bonds is 5. The van der Waals surface area contributed by atoms with Crippen LogP contribution in [0.25, 0.3) is 0 Å². The highest BCUT2D eigenvalue weighted by molar-refractivity contribution is 7.89. The van der Waals surface area contributed by atoms with Gasteiger partial charge in [-0.3, -0.25) is 0 Å². The average Bonchev–Trinajstić information content (AvgIpc) is 2.46. The van der Waals surface area contributed by atoms with Crippen LogP contribution in [0.3, 0.4) is 0 Å². The Morgan fingerprint density at radius 3 is 2.76 bits per heavy atom. The molecule has 1 aromatic carbocycles. The lowest BCUT2D eigenvalue weighted by molar-refractivity contribution is 0.283. The SMILES string of the molecule is Cc1ccc(CN)cc1S(=O)(=O)NCC1CCCC(C)C1. The quantitative estimate of drug-likeness (QED) is 0.878. The van der Waals surface area contributed by atoms with E-state index in [1.807, 2.05) is 19.1 Å². The zero-order chi connectivity index (χ0) is 15.5. The van der Waals surface area contributed by atoms with Crippen LogP contribution in [0, 0.1) is 18.8 Å². The lowest BCUT2D eigenvalue weighted by Gasteiger charge is -2.26. The molecule has 1 saturated carbocycles. The molecule has 1 aliphatic carbocycles.